The van der Waals surface area contributed by atoms with Crippen LogP contribution in [0.2, 0.25) is 0 Å². The van der Waals surface area contributed by atoms with Gasteiger partial charge >= 0.3 is 0 Å². The maximum Gasteiger partial charge on any atom is 0.246 e. The van der Waals surface area contributed by atoms with Gasteiger partial charge in [-0.15, -0.1) is 0 Å². The van der Waals surface area contributed by atoms with Gasteiger partial charge in [0.1, 0.15) is 6.61 Å². The second-order valence-electron chi connectivity index (χ2n) is 7.72. The van der Waals surface area contributed by atoms with Crippen molar-refractivity contribution >= 4 is 17.7 Å². The number of benzene rings is 1. The molecule has 1 aliphatic heterocycles. The molecule has 29 heavy (non-hydrogen) atoms. The fourth-order valence-electron chi connectivity index (χ4n) is 3.96. The minimum atomic E-state index is -0.750. The minimum Gasteiger partial charge on any atom is -0.391 e. The molecule has 1 aromatic carbocycles. The molecule has 1 saturated carbocycles. The average Bonchev–Trinajstić information content (AvgIpc) is 3.08. The minimum absolute atomic E-state index is 0.00988. The van der Waals surface area contributed by atoms with Gasteiger partial charge in [0.15, 0.2) is 0 Å². The summed E-state index contributed by atoms with van der Waals surface area (Å²) in [6.45, 7) is 3.87. The van der Waals surface area contributed by atoms with E-state index in [-0.39, 0.29) is 30.2 Å². The van der Waals surface area contributed by atoms with E-state index in [1.54, 1.807) is 9.80 Å². The van der Waals surface area contributed by atoms with Gasteiger partial charge in [-0.05, 0) is 18.4 Å². The van der Waals surface area contributed by atoms with Crippen LogP contribution in [-0.4, -0.2) is 77.6 Å². The summed E-state index contributed by atoms with van der Waals surface area (Å²) in [5.41, 5.74) is 0.983. The highest BCUT2D eigenvalue weighted by molar-refractivity contribution is 5.81. The summed E-state index contributed by atoms with van der Waals surface area (Å²) in [5, 5.41) is 13.1. The number of aliphatic hydroxyl groups is 1. The van der Waals surface area contributed by atoms with Crippen LogP contribution in [0.25, 0.3) is 0 Å². The molecule has 0 radical (unpaired) electrons. The number of carbonyl (C=O) groups is 3. The molecule has 0 aromatic heterocycles. The normalized spacial score (nSPS) is 24.4. The van der Waals surface area contributed by atoms with Crippen molar-refractivity contribution in [3.63, 3.8) is 0 Å². The lowest BCUT2D eigenvalue weighted by molar-refractivity contribution is -0.141. The zero-order valence-electron chi connectivity index (χ0n) is 16.8. The lowest BCUT2D eigenvalue weighted by Crippen LogP contribution is -2.51. The molecule has 1 heterocycles. The van der Waals surface area contributed by atoms with Crippen molar-refractivity contribution in [2.45, 2.75) is 38.5 Å². The van der Waals surface area contributed by atoms with Crippen LogP contribution in [0.15, 0.2) is 30.3 Å². The SMILES string of the molecule is CC(=O)N1CCN(C(=O)[C@@H]2C[C@@H](O)[C@H](NC(=O)COCc3ccccc3)C2)CC1. The lowest BCUT2D eigenvalue weighted by Gasteiger charge is -2.35. The number of nitrogens with zero attached hydrogens (tertiary/aromatic N) is 2. The van der Waals surface area contributed by atoms with Gasteiger partial charge in [0.25, 0.3) is 0 Å². The molecule has 158 valence electrons. The third kappa shape index (κ3) is 5.77. The van der Waals surface area contributed by atoms with Gasteiger partial charge in [-0.2, -0.15) is 0 Å². The van der Waals surface area contributed by atoms with Crippen LogP contribution in [0.4, 0.5) is 0 Å². The zero-order chi connectivity index (χ0) is 20.8. The number of carbonyl (C=O) groups excluding carboxylic acids is 3. The van der Waals surface area contributed by atoms with E-state index < -0.39 is 12.1 Å². The second kappa shape index (κ2) is 9.84. The summed E-state index contributed by atoms with van der Waals surface area (Å²) in [4.78, 5) is 39.8. The average molecular weight is 403 g/mol. The van der Waals surface area contributed by atoms with Crippen molar-refractivity contribution < 1.29 is 24.2 Å². The largest absolute Gasteiger partial charge is 0.391 e. The predicted molar refractivity (Wildman–Crippen MR) is 106 cm³/mol. The Balaban J connectivity index is 1.41. The number of ether oxygens (including phenoxy) is 1. The monoisotopic (exact) mass is 403 g/mol. The van der Waals surface area contributed by atoms with Crippen molar-refractivity contribution in [1.29, 1.82) is 0 Å². The van der Waals surface area contributed by atoms with Gasteiger partial charge in [-0.1, -0.05) is 30.3 Å². The molecule has 2 N–H and O–H groups in total. The van der Waals surface area contributed by atoms with Crippen LogP contribution in [0.1, 0.15) is 25.3 Å². The van der Waals surface area contributed by atoms with Crippen LogP contribution in [0, 0.1) is 5.92 Å². The first kappa shape index (κ1) is 21.3. The van der Waals surface area contributed by atoms with Gasteiger partial charge in [-0.3, -0.25) is 14.4 Å². The predicted octanol–water partition coefficient (Wildman–Crippen LogP) is 0.150. The van der Waals surface area contributed by atoms with Crippen molar-refractivity contribution in [2.75, 3.05) is 32.8 Å². The van der Waals surface area contributed by atoms with Crippen LogP contribution in [-0.2, 0) is 25.7 Å². The fourth-order valence-corrected chi connectivity index (χ4v) is 3.96. The summed E-state index contributed by atoms with van der Waals surface area (Å²) in [7, 11) is 0. The van der Waals surface area contributed by atoms with E-state index in [0.29, 0.717) is 45.6 Å². The van der Waals surface area contributed by atoms with E-state index in [1.165, 1.54) is 6.92 Å². The molecular formula is C21H29N3O5. The summed E-state index contributed by atoms with van der Waals surface area (Å²) < 4.78 is 5.42. The van der Waals surface area contributed by atoms with Crippen LogP contribution >= 0.6 is 0 Å². The summed E-state index contributed by atoms with van der Waals surface area (Å²) in [6, 6.07) is 9.12. The first-order valence-electron chi connectivity index (χ1n) is 10.1. The molecule has 1 aromatic rings. The quantitative estimate of drug-likeness (QED) is 0.705. The molecule has 1 aliphatic carbocycles. The smallest absolute Gasteiger partial charge is 0.246 e. The number of aliphatic hydroxyl groups excluding tert-OH is 1. The molecule has 0 unspecified atom stereocenters. The van der Waals surface area contributed by atoms with E-state index in [1.807, 2.05) is 30.3 Å². The Kier molecular flexibility index (Phi) is 7.22. The van der Waals surface area contributed by atoms with E-state index in [9.17, 15) is 19.5 Å². The van der Waals surface area contributed by atoms with Gasteiger partial charge in [0.2, 0.25) is 17.7 Å². The number of hydrogen-bond donors (Lipinski definition) is 2. The number of hydrogen-bond acceptors (Lipinski definition) is 5. The maximum absolute atomic E-state index is 12.8. The molecule has 2 fully saturated rings. The molecular weight excluding hydrogens is 374 g/mol. The molecule has 0 bridgehead atoms. The van der Waals surface area contributed by atoms with Crippen LogP contribution in [0.5, 0.6) is 0 Å². The van der Waals surface area contributed by atoms with E-state index in [4.69, 9.17) is 4.74 Å². The highest BCUT2D eigenvalue weighted by Gasteiger charge is 2.39. The van der Waals surface area contributed by atoms with Crippen molar-refractivity contribution in [1.82, 2.24) is 15.1 Å². The van der Waals surface area contributed by atoms with Gasteiger partial charge < -0.3 is 25.0 Å². The van der Waals surface area contributed by atoms with Crippen LogP contribution < -0.4 is 5.32 Å². The highest BCUT2D eigenvalue weighted by atomic mass is 16.5. The van der Waals surface area contributed by atoms with Crippen molar-refractivity contribution in [3.05, 3.63) is 35.9 Å². The standard InChI is InChI=1S/C21H29N3O5/c1-15(25)23-7-9-24(10-8-23)21(28)17-11-18(19(26)12-17)22-20(27)14-29-13-16-5-3-2-4-6-16/h2-6,17-19,26H,7-14H2,1H3,(H,22,27)/t17-,18+,19+/m0/s1. The Labute approximate surface area is 170 Å². The van der Waals surface area contributed by atoms with Gasteiger partial charge in [0, 0.05) is 39.0 Å². The molecule has 3 atom stereocenters. The van der Waals surface area contributed by atoms with Crippen LogP contribution in [0.3, 0.4) is 0 Å². The Morgan fingerprint density at radius 1 is 1.07 bits per heavy atom. The molecule has 0 spiro atoms. The molecule has 8 heteroatoms. The van der Waals surface area contributed by atoms with Crippen molar-refractivity contribution in [2.24, 2.45) is 5.92 Å². The first-order chi connectivity index (χ1) is 13.9. The highest BCUT2D eigenvalue weighted by Crippen LogP contribution is 2.28. The molecule has 8 nitrogen and oxygen atoms in total. The Morgan fingerprint density at radius 3 is 2.38 bits per heavy atom. The Hall–Kier alpha value is -2.45. The lowest BCUT2D eigenvalue weighted by atomic mass is 10.1. The first-order valence-corrected chi connectivity index (χ1v) is 10.1. The topological polar surface area (TPSA) is 99.2 Å². The number of amides is 3. The summed E-state index contributed by atoms with van der Waals surface area (Å²) in [5.74, 6) is -0.604. The third-order valence-electron chi connectivity index (χ3n) is 5.61. The van der Waals surface area contributed by atoms with E-state index in [2.05, 4.69) is 5.32 Å². The molecule has 1 saturated heterocycles. The maximum atomic E-state index is 12.8. The second-order valence-corrected chi connectivity index (χ2v) is 7.72. The number of rotatable bonds is 6. The third-order valence-corrected chi connectivity index (χ3v) is 5.61. The fraction of sp³-hybridized carbons (Fsp3) is 0.571. The number of nitrogens with one attached hydrogen (secondary N) is 1. The van der Waals surface area contributed by atoms with Crippen molar-refractivity contribution in [3.8, 4) is 0 Å². The summed E-state index contributed by atoms with van der Waals surface area (Å²) in [6.07, 6.45) is -0.000576. The van der Waals surface area contributed by atoms with E-state index in [0.717, 1.165) is 5.56 Å². The Morgan fingerprint density at radius 2 is 1.72 bits per heavy atom. The van der Waals surface area contributed by atoms with Gasteiger partial charge in [0.05, 0.1) is 18.8 Å². The summed E-state index contributed by atoms with van der Waals surface area (Å²) >= 11 is 0. The van der Waals surface area contributed by atoms with Gasteiger partial charge in [-0.25, -0.2) is 0 Å². The molecule has 3 amide bonds. The number of piperazine rings is 1. The zero-order valence-corrected chi connectivity index (χ0v) is 16.8. The molecule has 3 rings (SSSR count). The molecule has 2 aliphatic rings. The Bertz CT molecular complexity index is 718. The van der Waals surface area contributed by atoms with E-state index >= 15 is 0 Å².